The summed E-state index contributed by atoms with van der Waals surface area (Å²) in [4.78, 5) is 0. The molecule has 0 spiro atoms. The van der Waals surface area contributed by atoms with Crippen LogP contribution in [0.2, 0.25) is 0 Å². The molecule has 0 saturated carbocycles. The summed E-state index contributed by atoms with van der Waals surface area (Å²) in [7, 11) is 0. The maximum absolute atomic E-state index is 5.85. The molecule has 1 unspecified atom stereocenters. The Bertz CT molecular complexity index is 756. The van der Waals surface area contributed by atoms with Crippen LogP contribution in [0, 0.1) is 5.92 Å². The summed E-state index contributed by atoms with van der Waals surface area (Å²) in [6, 6.07) is 14.5. The van der Waals surface area contributed by atoms with Crippen molar-refractivity contribution < 1.29 is 9.15 Å². The van der Waals surface area contributed by atoms with Crippen molar-refractivity contribution in [1.82, 2.24) is 0 Å². The van der Waals surface area contributed by atoms with E-state index in [2.05, 4.69) is 35.6 Å². The van der Waals surface area contributed by atoms with Gasteiger partial charge in [0.05, 0.1) is 6.61 Å². The zero-order chi connectivity index (χ0) is 14.1. The molecule has 1 saturated heterocycles. The van der Waals surface area contributed by atoms with E-state index < -0.39 is 0 Å². The van der Waals surface area contributed by atoms with E-state index in [0.717, 1.165) is 36.6 Å². The topological polar surface area (TPSA) is 34.4 Å². The monoisotopic (exact) mass is 281 g/mol. The average molecular weight is 281 g/mol. The Hall–Kier alpha value is -2.00. The Morgan fingerprint density at radius 2 is 1.95 bits per heavy atom. The summed E-state index contributed by atoms with van der Waals surface area (Å²) in [5.41, 5.74) is 3.05. The average Bonchev–Trinajstić information content (AvgIpc) is 2.92. The Balaban J connectivity index is 1.59. The number of para-hydroxylation sites is 1. The molecule has 108 valence electrons. The number of fused-ring (bicyclic) bond motifs is 3. The molecule has 1 aromatic heterocycles. The summed E-state index contributed by atoms with van der Waals surface area (Å²) in [5, 5.41) is 5.89. The first-order chi connectivity index (χ1) is 10.4. The molecule has 0 radical (unpaired) electrons. The second-order valence-electron chi connectivity index (χ2n) is 5.77. The van der Waals surface area contributed by atoms with E-state index in [0.29, 0.717) is 5.92 Å². The van der Waals surface area contributed by atoms with Gasteiger partial charge in [-0.3, -0.25) is 0 Å². The molecule has 2 heterocycles. The van der Waals surface area contributed by atoms with Gasteiger partial charge in [0.2, 0.25) is 0 Å². The van der Waals surface area contributed by atoms with Gasteiger partial charge in [-0.05, 0) is 43.0 Å². The molecular weight excluding hydrogens is 262 g/mol. The highest BCUT2D eigenvalue weighted by molar-refractivity contribution is 6.05. The molecule has 0 bridgehead atoms. The van der Waals surface area contributed by atoms with Crippen LogP contribution < -0.4 is 5.32 Å². The summed E-state index contributed by atoms with van der Waals surface area (Å²) in [6.45, 7) is 2.77. The molecule has 0 amide bonds. The Kier molecular flexibility index (Phi) is 3.28. The number of rotatable bonds is 3. The molecule has 1 aliphatic heterocycles. The van der Waals surface area contributed by atoms with Gasteiger partial charge in [-0.15, -0.1) is 0 Å². The first-order valence-electron chi connectivity index (χ1n) is 7.63. The minimum Gasteiger partial charge on any atom is -0.456 e. The predicted molar refractivity (Wildman–Crippen MR) is 85.8 cm³/mol. The second-order valence-corrected chi connectivity index (χ2v) is 5.77. The van der Waals surface area contributed by atoms with Crippen LogP contribution in [0.5, 0.6) is 0 Å². The molecule has 3 heteroatoms. The van der Waals surface area contributed by atoms with Crippen LogP contribution in [0.25, 0.3) is 21.9 Å². The molecule has 1 N–H and O–H groups in total. The van der Waals surface area contributed by atoms with Crippen molar-refractivity contribution in [2.24, 2.45) is 5.92 Å². The molecule has 4 rings (SSSR count). The first-order valence-corrected chi connectivity index (χ1v) is 7.63. The largest absolute Gasteiger partial charge is 0.456 e. The first kappa shape index (κ1) is 12.7. The van der Waals surface area contributed by atoms with Gasteiger partial charge in [-0.1, -0.05) is 18.2 Å². The Labute approximate surface area is 123 Å². The number of anilines is 1. The molecule has 1 fully saturated rings. The normalized spacial score (nSPS) is 19.1. The third-order valence-corrected chi connectivity index (χ3v) is 4.23. The highest BCUT2D eigenvalue weighted by atomic mass is 16.5. The fourth-order valence-corrected chi connectivity index (χ4v) is 3.07. The quantitative estimate of drug-likeness (QED) is 0.771. The van der Waals surface area contributed by atoms with Gasteiger partial charge in [0, 0.05) is 29.6 Å². The minimum atomic E-state index is 0.621. The molecule has 2 aromatic carbocycles. The van der Waals surface area contributed by atoms with Gasteiger partial charge in [-0.25, -0.2) is 0 Å². The van der Waals surface area contributed by atoms with E-state index in [-0.39, 0.29) is 0 Å². The Morgan fingerprint density at radius 3 is 2.86 bits per heavy atom. The minimum absolute atomic E-state index is 0.621. The molecule has 1 aliphatic rings. The van der Waals surface area contributed by atoms with E-state index in [4.69, 9.17) is 9.15 Å². The summed E-state index contributed by atoms with van der Waals surface area (Å²) in [6.07, 6.45) is 2.43. The molecule has 1 atom stereocenters. The van der Waals surface area contributed by atoms with E-state index in [9.17, 15) is 0 Å². The van der Waals surface area contributed by atoms with Gasteiger partial charge in [0.25, 0.3) is 0 Å². The van der Waals surface area contributed by atoms with Crippen molar-refractivity contribution in [3.05, 3.63) is 42.5 Å². The van der Waals surface area contributed by atoms with Crippen LogP contribution >= 0.6 is 0 Å². The summed E-state index contributed by atoms with van der Waals surface area (Å²) >= 11 is 0. The lowest BCUT2D eigenvalue weighted by Crippen LogP contribution is -2.24. The molecule has 3 aromatic rings. The number of hydrogen-bond acceptors (Lipinski definition) is 3. The number of nitrogens with one attached hydrogen (secondary N) is 1. The molecular formula is C18H19NO2. The highest BCUT2D eigenvalue weighted by Crippen LogP contribution is 2.30. The maximum Gasteiger partial charge on any atom is 0.135 e. The third kappa shape index (κ3) is 2.49. The van der Waals surface area contributed by atoms with Crippen LogP contribution in [0.4, 0.5) is 5.69 Å². The predicted octanol–water partition coefficient (Wildman–Crippen LogP) is 4.42. The lowest BCUT2D eigenvalue weighted by molar-refractivity contribution is 0.0595. The fraction of sp³-hybridized carbons (Fsp3) is 0.333. The summed E-state index contributed by atoms with van der Waals surface area (Å²) in [5.74, 6) is 0.621. The lowest BCUT2D eigenvalue weighted by atomic mass is 10.0. The number of ether oxygens (including phenoxy) is 1. The zero-order valence-corrected chi connectivity index (χ0v) is 12.0. The number of furan rings is 1. The summed E-state index contributed by atoms with van der Waals surface area (Å²) < 4.78 is 11.4. The van der Waals surface area contributed by atoms with E-state index in [1.165, 1.54) is 23.6 Å². The second kappa shape index (κ2) is 5.41. The van der Waals surface area contributed by atoms with Crippen LogP contribution in [-0.2, 0) is 4.74 Å². The van der Waals surface area contributed by atoms with E-state index in [1.807, 2.05) is 12.1 Å². The van der Waals surface area contributed by atoms with E-state index >= 15 is 0 Å². The highest BCUT2D eigenvalue weighted by Gasteiger charge is 2.13. The van der Waals surface area contributed by atoms with Crippen molar-refractivity contribution in [3.63, 3.8) is 0 Å². The van der Waals surface area contributed by atoms with Crippen LogP contribution in [0.3, 0.4) is 0 Å². The fourth-order valence-electron chi connectivity index (χ4n) is 3.07. The van der Waals surface area contributed by atoms with Crippen LogP contribution in [-0.4, -0.2) is 19.8 Å². The van der Waals surface area contributed by atoms with Crippen molar-refractivity contribution in [1.29, 1.82) is 0 Å². The zero-order valence-electron chi connectivity index (χ0n) is 12.0. The van der Waals surface area contributed by atoms with E-state index in [1.54, 1.807) is 0 Å². The van der Waals surface area contributed by atoms with Crippen molar-refractivity contribution in [2.45, 2.75) is 12.8 Å². The lowest BCUT2D eigenvalue weighted by Gasteiger charge is -2.22. The van der Waals surface area contributed by atoms with Gasteiger partial charge in [-0.2, -0.15) is 0 Å². The van der Waals surface area contributed by atoms with Crippen molar-refractivity contribution in [2.75, 3.05) is 25.1 Å². The maximum atomic E-state index is 5.85. The van der Waals surface area contributed by atoms with Gasteiger partial charge in [0.1, 0.15) is 11.2 Å². The number of hydrogen-bond donors (Lipinski definition) is 1. The molecule has 3 nitrogen and oxygen atoms in total. The Morgan fingerprint density at radius 1 is 1.05 bits per heavy atom. The van der Waals surface area contributed by atoms with Gasteiger partial charge < -0.3 is 14.5 Å². The number of benzene rings is 2. The van der Waals surface area contributed by atoms with Crippen molar-refractivity contribution in [3.8, 4) is 0 Å². The van der Waals surface area contributed by atoms with Gasteiger partial charge in [0.15, 0.2) is 0 Å². The molecule has 0 aliphatic carbocycles. The standard InChI is InChI=1S/C18H19NO2/c1-2-6-17-15(5-1)16-10-14(7-8-18(16)21-17)19-11-13-4-3-9-20-12-13/h1-2,5-8,10,13,19H,3-4,9,11-12H2. The van der Waals surface area contributed by atoms with Crippen molar-refractivity contribution >= 4 is 27.6 Å². The SMILES string of the molecule is c1ccc2c(c1)oc1ccc(NCC3CCCOC3)cc12. The molecule has 21 heavy (non-hydrogen) atoms. The van der Waals surface area contributed by atoms with Crippen LogP contribution in [0.15, 0.2) is 46.9 Å². The third-order valence-electron chi connectivity index (χ3n) is 4.23. The van der Waals surface area contributed by atoms with Crippen LogP contribution in [0.1, 0.15) is 12.8 Å². The smallest absolute Gasteiger partial charge is 0.135 e. The van der Waals surface area contributed by atoms with Gasteiger partial charge >= 0.3 is 0 Å².